The van der Waals surface area contributed by atoms with Crippen LogP contribution in [0.4, 0.5) is 4.39 Å². The first-order valence-corrected chi connectivity index (χ1v) is 11.8. The van der Waals surface area contributed by atoms with Crippen LogP contribution in [0.15, 0.2) is 54.9 Å². The lowest BCUT2D eigenvalue weighted by Gasteiger charge is -2.32. The highest BCUT2D eigenvalue weighted by molar-refractivity contribution is 6.07. The van der Waals surface area contributed by atoms with E-state index in [2.05, 4.69) is 20.2 Å². The maximum atomic E-state index is 14.4. The predicted octanol–water partition coefficient (Wildman–Crippen LogP) is 4.86. The van der Waals surface area contributed by atoms with Gasteiger partial charge in [0.2, 0.25) is 0 Å². The Labute approximate surface area is 198 Å². The van der Waals surface area contributed by atoms with Gasteiger partial charge in [0.25, 0.3) is 5.91 Å². The highest BCUT2D eigenvalue weighted by Crippen LogP contribution is 2.34. The molecule has 0 radical (unpaired) electrons. The molecule has 1 aliphatic rings. The van der Waals surface area contributed by atoms with Gasteiger partial charge in [-0.05, 0) is 74.6 Å². The molecule has 0 aliphatic carbocycles. The Balaban J connectivity index is 1.12. The second-order valence-corrected chi connectivity index (χ2v) is 8.85. The Morgan fingerprint density at radius 1 is 1.21 bits per heavy atom. The molecule has 1 amide bonds. The molecule has 34 heavy (non-hydrogen) atoms. The van der Waals surface area contributed by atoms with Gasteiger partial charge < -0.3 is 19.9 Å². The molecular weight excluding hydrogens is 431 g/mol. The number of likely N-dealkylation sites (tertiary alicyclic amines) is 1. The van der Waals surface area contributed by atoms with Crippen LogP contribution in [-0.2, 0) is 0 Å². The quantitative estimate of drug-likeness (QED) is 0.386. The minimum Gasteiger partial charge on any atom is -0.494 e. The molecule has 6 nitrogen and oxygen atoms in total. The number of nitrogens with zero attached hydrogens (tertiary/aromatic N) is 2. The SMILES string of the molecule is COc1cccc2c(C(=O)NCCCN3CCC(c4c[nH]c5cccc(F)c45)CC3)ccnc12. The largest absolute Gasteiger partial charge is 0.494 e. The number of benzene rings is 2. The van der Waals surface area contributed by atoms with E-state index in [-0.39, 0.29) is 11.7 Å². The molecular formula is C27H29FN4O2. The van der Waals surface area contributed by atoms with E-state index in [1.54, 1.807) is 25.4 Å². The monoisotopic (exact) mass is 460 g/mol. The summed E-state index contributed by atoms with van der Waals surface area (Å²) in [6.45, 7) is 3.50. The fourth-order valence-electron chi connectivity index (χ4n) is 5.07. The number of hydrogen-bond donors (Lipinski definition) is 2. The molecule has 1 saturated heterocycles. The van der Waals surface area contributed by atoms with E-state index >= 15 is 0 Å². The number of H-pyrrole nitrogens is 1. The van der Waals surface area contributed by atoms with Gasteiger partial charge in [0.15, 0.2) is 0 Å². The van der Waals surface area contributed by atoms with Crippen molar-refractivity contribution in [1.29, 1.82) is 0 Å². The van der Waals surface area contributed by atoms with Crippen molar-refractivity contribution in [3.8, 4) is 5.75 Å². The molecule has 176 valence electrons. The molecule has 2 aromatic carbocycles. The topological polar surface area (TPSA) is 70.2 Å². The van der Waals surface area contributed by atoms with Gasteiger partial charge in [0.1, 0.15) is 17.1 Å². The molecule has 0 bridgehead atoms. The number of methoxy groups -OCH3 is 1. The van der Waals surface area contributed by atoms with Crippen LogP contribution in [0.25, 0.3) is 21.8 Å². The van der Waals surface area contributed by atoms with Gasteiger partial charge in [0, 0.05) is 35.2 Å². The summed E-state index contributed by atoms with van der Waals surface area (Å²) in [4.78, 5) is 22.8. The smallest absolute Gasteiger partial charge is 0.252 e. The summed E-state index contributed by atoms with van der Waals surface area (Å²) in [7, 11) is 1.60. The number of para-hydroxylation sites is 1. The number of nitrogens with one attached hydrogen (secondary N) is 2. The van der Waals surface area contributed by atoms with Crippen LogP contribution < -0.4 is 10.1 Å². The van der Waals surface area contributed by atoms with E-state index in [0.717, 1.165) is 60.7 Å². The van der Waals surface area contributed by atoms with Crippen LogP contribution in [0.3, 0.4) is 0 Å². The number of amides is 1. The first-order valence-electron chi connectivity index (χ1n) is 11.8. The van der Waals surface area contributed by atoms with Crippen molar-refractivity contribution >= 4 is 27.7 Å². The van der Waals surface area contributed by atoms with Crippen LogP contribution in [0.5, 0.6) is 5.75 Å². The number of aromatic nitrogens is 2. The van der Waals surface area contributed by atoms with Gasteiger partial charge in [-0.15, -0.1) is 0 Å². The average Bonchev–Trinajstić information content (AvgIpc) is 3.31. The number of piperidine rings is 1. The zero-order valence-electron chi connectivity index (χ0n) is 19.3. The lowest BCUT2D eigenvalue weighted by Crippen LogP contribution is -2.35. The van der Waals surface area contributed by atoms with Gasteiger partial charge in [-0.25, -0.2) is 4.39 Å². The molecule has 0 atom stereocenters. The Hall–Kier alpha value is -3.45. The zero-order valence-corrected chi connectivity index (χ0v) is 19.3. The fraction of sp³-hybridized carbons (Fsp3) is 0.333. The molecule has 2 N–H and O–H groups in total. The maximum absolute atomic E-state index is 14.4. The van der Waals surface area contributed by atoms with Gasteiger partial charge in [-0.2, -0.15) is 0 Å². The minimum absolute atomic E-state index is 0.0966. The summed E-state index contributed by atoms with van der Waals surface area (Å²) in [5.74, 6) is 0.789. The number of carbonyl (C=O) groups is 1. The fourth-order valence-corrected chi connectivity index (χ4v) is 5.07. The molecule has 4 aromatic rings. The Bertz CT molecular complexity index is 1310. The highest BCUT2D eigenvalue weighted by atomic mass is 19.1. The van der Waals surface area contributed by atoms with E-state index in [0.29, 0.717) is 29.3 Å². The summed E-state index contributed by atoms with van der Waals surface area (Å²) in [6, 6.07) is 12.6. The molecule has 1 aliphatic heterocycles. The standard InChI is InChI=1S/C27H29FN4O2/c1-34-24-8-2-5-19-20(9-13-29-26(19)24)27(33)30-12-4-14-32-15-10-18(11-16-32)21-17-31-23-7-3-6-22(28)25(21)23/h2-3,5-9,13,17-18,31H,4,10-12,14-16H2,1H3,(H,30,33). The van der Waals surface area contributed by atoms with Crippen LogP contribution in [-0.4, -0.2) is 54.1 Å². The Morgan fingerprint density at radius 2 is 2.03 bits per heavy atom. The molecule has 3 heterocycles. The number of aromatic amines is 1. The second-order valence-electron chi connectivity index (χ2n) is 8.85. The van der Waals surface area contributed by atoms with E-state index in [4.69, 9.17) is 4.74 Å². The van der Waals surface area contributed by atoms with Crippen molar-refractivity contribution in [2.75, 3.05) is 33.3 Å². The third-order valence-electron chi connectivity index (χ3n) is 6.85. The van der Waals surface area contributed by atoms with E-state index in [1.807, 2.05) is 30.5 Å². The van der Waals surface area contributed by atoms with Crippen molar-refractivity contribution in [2.24, 2.45) is 0 Å². The van der Waals surface area contributed by atoms with Gasteiger partial charge in [-0.1, -0.05) is 18.2 Å². The predicted molar refractivity (Wildman–Crippen MR) is 132 cm³/mol. The summed E-state index contributed by atoms with van der Waals surface area (Å²) in [6.07, 6.45) is 6.52. The summed E-state index contributed by atoms with van der Waals surface area (Å²) >= 11 is 0. The maximum Gasteiger partial charge on any atom is 0.252 e. The van der Waals surface area contributed by atoms with Crippen LogP contribution in [0.2, 0.25) is 0 Å². The first-order chi connectivity index (χ1) is 16.7. The third-order valence-corrected chi connectivity index (χ3v) is 6.85. The van der Waals surface area contributed by atoms with Gasteiger partial charge in [-0.3, -0.25) is 9.78 Å². The molecule has 0 saturated carbocycles. The molecule has 7 heteroatoms. The molecule has 2 aromatic heterocycles. The second kappa shape index (κ2) is 9.81. The normalized spacial score (nSPS) is 15.1. The van der Waals surface area contributed by atoms with Crippen molar-refractivity contribution in [2.45, 2.75) is 25.2 Å². The van der Waals surface area contributed by atoms with Crippen LogP contribution in [0, 0.1) is 5.82 Å². The number of fused-ring (bicyclic) bond motifs is 2. The highest BCUT2D eigenvalue weighted by Gasteiger charge is 2.23. The lowest BCUT2D eigenvalue weighted by molar-refractivity contribution is 0.0952. The van der Waals surface area contributed by atoms with Crippen molar-refractivity contribution in [3.05, 3.63) is 71.8 Å². The zero-order chi connectivity index (χ0) is 23.5. The number of ether oxygens (including phenoxy) is 1. The van der Waals surface area contributed by atoms with Crippen molar-refractivity contribution < 1.29 is 13.9 Å². The number of rotatable bonds is 7. The van der Waals surface area contributed by atoms with Crippen LogP contribution in [0.1, 0.15) is 41.1 Å². The first kappa shape index (κ1) is 22.3. The van der Waals surface area contributed by atoms with Crippen molar-refractivity contribution in [3.63, 3.8) is 0 Å². The average molecular weight is 461 g/mol. The van der Waals surface area contributed by atoms with E-state index in [9.17, 15) is 9.18 Å². The summed E-state index contributed by atoms with van der Waals surface area (Å²) < 4.78 is 19.7. The minimum atomic E-state index is -0.146. The van der Waals surface area contributed by atoms with Crippen molar-refractivity contribution in [1.82, 2.24) is 20.2 Å². The lowest BCUT2D eigenvalue weighted by atomic mass is 9.89. The molecule has 1 fully saturated rings. The van der Waals surface area contributed by atoms with Gasteiger partial charge >= 0.3 is 0 Å². The third kappa shape index (κ3) is 4.35. The number of carbonyl (C=O) groups excluding carboxylic acids is 1. The number of pyridine rings is 1. The van der Waals surface area contributed by atoms with Gasteiger partial charge in [0.05, 0.1) is 12.7 Å². The summed E-state index contributed by atoms with van der Waals surface area (Å²) in [5.41, 5.74) is 3.26. The van der Waals surface area contributed by atoms with E-state index < -0.39 is 0 Å². The number of hydrogen-bond acceptors (Lipinski definition) is 4. The molecule has 0 unspecified atom stereocenters. The molecule has 5 rings (SSSR count). The Morgan fingerprint density at radius 3 is 2.85 bits per heavy atom. The van der Waals surface area contributed by atoms with Crippen LogP contribution >= 0.6 is 0 Å². The van der Waals surface area contributed by atoms with E-state index in [1.165, 1.54) is 6.07 Å². The number of halogens is 1. The Kier molecular flexibility index (Phi) is 6.45. The summed E-state index contributed by atoms with van der Waals surface area (Å²) in [5, 5.41) is 4.57. The molecule has 0 spiro atoms.